The van der Waals surface area contributed by atoms with E-state index in [1.54, 1.807) is 6.07 Å². The normalized spacial score (nSPS) is 10.8. The Hall–Kier alpha value is 0.330. The summed E-state index contributed by atoms with van der Waals surface area (Å²) in [5.41, 5.74) is -0.102. The molecule has 0 saturated heterocycles. The molecule has 0 aliphatic carbocycles. The zero-order chi connectivity index (χ0) is 9.30. The van der Waals surface area contributed by atoms with E-state index in [9.17, 15) is 8.78 Å². The van der Waals surface area contributed by atoms with Crippen molar-refractivity contribution < 1.29 is 8.78 Å². The molecule has 0 fully saturated rings. The Bertz CT molecular complexity index is 302. The van der Waals surface area contributed by atoms with Gasteiger partial charge in [-0.1, -0.05) is 11.6 Å². The molecule has 0 N–H and O–H groups in total. The second-order valence-electron chi connectivity index (χ2n) is 2.09. The van der Waals surface area contributed by atoms with Gasteiger partial charge in [0.2, 0.25) is 0 Å². The molecule has 0 heterocycles. The largest absolute Gasteiger partial charge is 0.265 e. The average molecular weight is 320 g/mol. The van der Waals surface area contributed by atoms with Gasteiger partial charge in [0.15, 0.2) is 0 Å². The van der Waals surface area contributed by atoms with E-state index in [-0.39, 0.29) is 5.56 Å². The first-order valence-electron chi connectivity index (χ1n) is 2.95. The zero-order valence-electron chi connectivity index (χ0n) is 5.62. The lowest BCUT2D eigenvalue weighted by atomic mass is 10.2. The molecule has 0 atom stereocenters. The van der Waals surface area contributed by atoms with Crippen LogP contribution in [0.15, 0.2) is 21.1 Å². The van der Waals surface area contributed by atoms with E-state index in [2.05, 4.69) is 31.9 Å². The lowest BCUT2D eigenvalue weighted by Gasteiger charge is -2.05. The lowest BCUT2D eigenvalue weighted by Crippen LogP contribution is -1.87. The summed E-state index contributed by atoms with van der Waals surface area (Å²) in [4.78, 5) is 0. The Kier molecular flexibility index (Phi) is 3.49. The predicted molar refractivity (Wildman–Crippen MR) is 51.8 cm³/mol. The standard InChI is InChI=1S/C7H3Br2ClF2/c8-5-2-3(10)1-4(6(5)9)7(11)12/h1-2,7H. The van der Waals surface area contributed by atoms with E-state index in [1.165, 1.54) is 6.07 Å². The molecule has 0 aromatic heterocycles. The van der Waals surface area contributed by atoms with E-state index in [0.717, 1.165) is 0 Å². The quantitative estimate of drug-likeness (QED) is 0.652. The molecule has 1 aromatic rings. The Morgan fingerprint density at radius 3 is 2.33 bits per heavy atom. The second kappa shape index (κ2) is 4.03. The topological polar surface area (TPSA) is 0 Å². The third kappa shape index (κ3) is 2.18. The molecule has 0 radical (unpaired) electrons. The van der Waals surface area contributed by atoms with Gasteiger partial charge < -0.3 is 0 Å². The summed E-state index contributed by atoms with van der Waals surface area (Å²) in [6, 6.07) is 2.79. The summed E-state index contributed by atoms with van der Waals surface area (Å²) >= 11 is 11.7. The van der Waals surface area contributed by atoms with Gasteiger partial charge in [0.05, 0.1) is 0 Å². The van der Waals surface area contributed by atoms with Crippen molar-refractivity contribution in [2.45, 2.75) is 6.43 Å². The van der Waals surface area contributed by atoms with Crippen molar-refractivity contribution in [2.75, 3.05) is 0 Å². The van der Waals surface area contributed by atoms with Crippen molar-refractivity contribution in [1.29, 1.82) is 0 Å². The first kappa shape index (κ1) is 10.4. The number of hydrogen-bond acceptors (Lipinski definition) is 0. The van der Waals surface area contributed by atoms with Crippen LogP contribution >= 0.6 is 43.5 Å². The summed E-state index contributed by atoms with van der Waals surface area (Å²) in [6.45, 7) is 0. The van der Waals surface area contributed by atoms with Crippen LogP contribution in [0, 0.1) is 0 Å². The highest BCUT2D eigenvalue weighted by Crippen LogP contribution is 2.35. The van der Waals surface area contributed by atoms with E-state index in [1.807, 2.05) is 0 Å². The summed E-state index contributed by atoms with van der Waals surface area (Å²) < 4.78 is 25.4. The van der Waals surface area contributed by atoms with Gasteiger partial charge in [0, 0.05) is 19.5 Å². The van der Waals surface area contributed by atoms with Crippen molar-refractivity contribution in [3.63, 3.8) is 0 Å². The molecule has 0 spiro atoms. The monoisotopic (exact) mass is 318 g/mol. The number of rotatable bonds is 1. The SMILES string of the molecule is FC(F)c1cc(Cl)cc(Br)c1Br. The number of alkyl halides is 2. The highest BCUT2D eigenvalue weighted by atomic mass is 79.9. The molecule has 0 nitrogen and oxygen atoms in total. The van der Waals surface area contributed by atoms with Gasteiger partial charge in [-0.25, -0.2) is 8.78 Å². The van der Waals surface area contributed by atoms with E-state index < -0.39 is 6.43 Å². The maximum absolute atomic E-state index is 12.3. The second-order valence-corrected chi connectivity index (χ2v) is 4.18. The fourth-order valence-corrected chi connectivity index (χ4v) is 1.97. The molecular weight excluding hydrogens is 317 g/mol. The average Bonchev–Trinajstić information content (AvgIpc) is 1.96. The fourth-order valence-electron chi connectivity index (χ4n) is 0.735. The van der Waals surface area contributed by atoms with Gasteiger partial charge in [-0.05, 0) is 44.0 Å². The first-order valence-corrected chi connectivity index (χ1v) is 4.91. The Morgan fingerprint density at radius 1 is 1.25 bits per heavy atom. The first-order chi connectivity index (χ1) is 5.52. The highest BCUT2D eigenvalue weighted by Gasteiger charge is 2.14. The fraction of sp³-hybridized carbons (Fsp3) is 0.143. The molecule has 5 heteroatoms. The Morgan fingerprint density at radius 2 is 1.83 bits per heavy atom. The number of halogens is 5. The van der Waals surface area contributed by atoms with Crippen LogP contribution in [0.1, 0.15) is 12.0 Å². The smallest absolute Gasteiger partial charge is 0.205 e. The van der Waals surface area contributed by atoms with Crippen LogP contribution < -0.4 is 0 Å². The van der Waals surface area contributed by atoms with E-state index >= 15 is 0 Å². The van der Waals surface area contributed by atoms with Crippen LogP contribution in [0.2, 0.25) is 5.02 Å². The van der Waals surface area contributed by atoms with Crippen molar-refractivity contribution >= 4 is 43.5 Å². The van der Waals surface area contributed by atoms with Crippen LogP contribution in [-0.2, 0) is 0 Å². The molecule has 1 rings (SSSR count). The highest BCUT2D eigenvalue weighted by molar-refractivity contribution is 9.13. The number of benzene rings is 1. The molecule has 0 aliphatic heterocycles. The van der Waals surface area contributed by atoms with Crippen LogP contribution in [0.3, 0.4) is 0 Å². The Labute approximate surface area is 90.2 Å². The molecule has 0 aliphatic rings. The minimum Gasteiger partial charge on any atom is -0.205 e. The van der Waals surface area contributed by atoms with Crippen LogP contribution in [0.25, 0.3) is 0 Å². The minimum atomic E-state index is -2.52. The Balaban J connectivity index is 3.28. The van der Waals surface area contributed by atoms with Crippen molar-refractivity contribution in [3.8, 4) is 0 Å². The molecule has 12 heavy (non-hydrogen) atoms. The van der Waals surface area contributed by atoms with Gasteiger partial charge in [-0.2, -0.15) is 0 Å². The van der Waals surface area contributed by atoms with Crippen molar-refractivity contribution in [3.05, 3.63) is 31.7 Å². The van der Waals surface area contributed by atoms with Gasteiger partial charge in [-0.15, -0.1) is 0 Å². The third-order valence-electron chi connectivity index (χ3n) is 1.26. The summed E-state index contributed by atoms with van der Waals surface area (Å²) in [5.74, 6) is 0. The van der Waals surface area contributed by atoms with Crippen molar-refractivity contribution in [1.82, 2.24) is 0 Å². The van der Waals surface area contributed by atoms with Crippen LogP contribution in [0.4, 0.5) is 8.78 Å². The molecule has 0 amide bonds. The van der Waals surface area contributed by atoms with E-state index in [0.29, 0.717) is 14.0 Å². The predicted octanol–water partition coefficient (Wildman–Crippen LogP) is 4.80. The summed E-state index contributed by atoms with van der Waals surface area (Å²) in [5, 5.41) is 0.292. The van der Waals surface area contributed by atoms with Gasteiger partial charge in [0.25, 0.3) is 6.43 Å². The molecular formula is C7H3Br2ClF2. The van der Waals surface area contributed by atoms with Gasteiger partial charge >= 0.3 is 0 Å². The van der Waals surface area contributed by atoms with Crippen LogP contribution in [-0.4, -0.2) is 0 Å². The van der Waals surface area contributed by atoms with Gasteiger partial charge in [-0.3, -0.25) is 0 Å². The molecule has 66 valence electrons. The summed E-state index contributed by atoms with van der Waals surface area (Å²) in [6.07, 6.45) is -2.52. The maximum Gasteiger partial charge on any atom is 0.265 e. The van der Waals surface area contributed by atoms with Gasteiger partial charge in [0.1, 0.15) is 0 Å². The molecule has 1 aromatic carbocycles. The number of hydrogen-bond donors (Lipinski definition) is 0. The molecule has 0 unspecified atom stereocenters. The lowest BCUT2D eigenvalue weighted by molar-refractivity contribution is 0.150. The minimum absolute atomic E-state index is 0.102. The maximum atomic E-state index is 12.3. The zero-order valence-corrected chi connectivity index (χ0v) is 9.55. The van der Waals surface area contributed by atoms with E-state index in [4.69, 9.17) is 11.6 Å². The van der Waals surface area contributed by atoms with Crippen LogP contribution in [0.5, 0.6) is 0 Å². The third-order valence-corrected chi connectivity index (χ3v) is 3.52. The molecule has 0 bridgehead atoms. The summed E-state index contributed by atoms with van der Waals surface area (Å²) in [7, 11) is 0. The molecule has 0 saturated carbocycles. The van der Waals surface area contributed by atoms with Crippen molar-refractivity contribution in [2.24, 2.45) is 0 Å².